The van der Waals surface area contributed by atoms with Crippen LogP contribution >= 0.6 is 0 Å². The van der Waals surface area contributed by atoms with Crippen molar-refractivity contribution in [3.05, 3.63) is 47.5 Å². The quantitative estimate of drug-likeness (QED) is 0.780. The van der Waals surface area contributed by atoms with Crippen LogP contribution in [0, 0.1) is 12.7 Å². The zero-order chi connectivity index (χ0) is 19.2. The van der Waals surface area contributed by atoms with E-state index in [4.69, 9.17) is 0 Å². The van der Waals surface area contributed by atoms with Crippen molar-refractivity contribution in [1.82, 2.24) is 15.3 Å². The van der Waals surface area contributed by atoms with E-state index in [2.05, 4.69) is 20.6 Å². The van der Waals surface area contributed by atoms with Crippen LogP contribution in [0.25, 0.3) is 0 Å². The van der Waals surface area contributed by atoms with Gasteiger partial charge in [0.15, 0.2) is 0 Å². The molecule has 0 bridgehead atoms. The molecule has 1 heterocycles. The zero-order valence-electron chi connectivity index (χ0n) is 16.5. The molecule has 3 rings (SSSR count). The molecule has 1 aliphatic carbocycles. The van der Waals surface area contributed by atoms with E-state index in [0.29, 0.717) is 12.1 Å². The number of hydrogen-bond donors (Lipinski definition) is 2. The molecule has 2 aromatic rings. The lowest BCUT2D eigenvalue weighted by Crippen LogP contribution is -2.38. The molecule has 0 atom stereocenters. The van der Waals surface area contributed by atoms with Gasteiger partial charge in [0.1, 0.15) is 23.3 Å². The normalized spacial score (nSPS) is 19.7. The van der Waals surface area contributed by atoms with Gasteiger partial charge in [-0.3, -0.25) is 0 Å². The van der Waals surface area contributed by atoms with E-state index >= 15 is 0 Å². The van der Waals surface area contributed by atoms with Crippen molar-refractivity contribution in [3.63, 3.8) is 0 Å². The second kappa shape index (κ2) is 9.13. The summed E-state index contributed by atoms with van der Waals surface area (Å²) in [5, 5.41) is 7.23. The molecule has 1 aliphatic rings. The molecule has 146 valence electrons. The number of aryl methyl sites for hydroxylation is 1. The Morgan fingerprint density at radius 2 is 1.70 bits per heavy atom. The minimum absolute atomic E-state index is 0.172. The van der Waals surface area contributed by atoms with Crippen molar-refractivity contribution in [2.45, 2.75) is 51.1 Å². The molecule has 0 aliphatic heterocycles. The lowest BCUT2D eigenvalue weighted by atomic mass is 9.91. The highest BCUT2D eigenvalue weighted by Gasteiger charge is 2.21. The molecule has 5 nitrogen and oxygen atoms in total. The van der Waals surface area contributed by atoms with E-state index in [9.17, 15) is 4.39 Å². The van der Waals surface area contributed by atoms with E-state index in [1.54, 1.807) is 0 Å². The number of rotatable bonds is 7. The number of anilines is 2. The average Bonchev–Trinajstić information content (AvgIpc) is 2.64. The van der Waals surface area contributed by atoms with Gasteiger partial charge >= 0.3 is 0 Å². The van der Waals surface area contributed by atoms with Crippen molar-refractivity contribution in [1.29, 1.82) is 0 Å². The Morgan fingerprint density at radius 1 is 1.04 bits per heavy atom. The highest BCUT2D eigenvalue weighted by molar-refractivity contribution is 5.49. The first-order valence-corrected chi connectivity index (χ1v) is 9.77. The zero-order valence-corrected chi connectivity index (χ0v) is 16.5. The standard InChI is InChI=1S/C21H30FN5/c1-15-24-20(14-21(25-15)27(2)3)26-19-10-8-18(9-11-19)23-13-12-16-4-6-17(22)7-5-16/h4-7,14,18-19,23H,8-13H2,1-3H3,(H,24,25,26). The molecular formula is C21H30FN5. The molecule has 1 aromatic carbocycles. The lowest BCUT2D eigenvalue weighted by molar-refractivity contribution is 0.355. The van der Waals surface area contributed by atoms with E-state index in [1.807, 2.05) is 44.1 Å². The minimum Gasteiger partial charge on any atom is -0.367 e. The number of halogens is 1. The molecular weight excluding hydrogens is 341 g/mol. The van der Waals surface area contributed by atoms with Crippen LogP contribution in [-0.2, 0) is 6.42 Å². The third kappa shape index (κ3) is 5.89. The highest BCUT2D eigenvalue weighted by Crippen LogP contribution is 2.23. The summed E-state index contributed by atoms with van der Waals surface area (Å²) < 4.78 is 12.9. The SMILES string of the molecule is Cc1nc(NC2CCC(NCCc3ccc(F)cc3)CC2)cc(N(C)C)n1. The van der Waals surface area contributed by atoms with Crippen LogP contribution in [0.5, 0.6) is 0 Å². The number of nitrogens with one attached hydrogen (secondary N) is 2. The minimum atomic E-state index is -0.172. The Hall–Kier alpha value is -2.21. The van der Waals surface area contributed by atoms with E-state index in [-0.39, 0.29) is 5.82 Å². The summed E-state index contributed by atoms with van der Waals surface area (Å²) in [4.78, 5) is 11.0. The smallest absolute Gasteiger partial charge is 0.133 e. The Balaban J connectivity index is 1.42. The third-order valence-electron chi connectivity index (χ3n) is 5.12. The molecule has 0 amide bonds. The van der Waals surface area contributed by atoms with E-state index in [1.165, 1.54) is 17.7 Å². The first kappa shape index (κ1) is 19.5. The van der Waals surface area contributed by atoms with Gasteiger partial charge in [-0.05, 0) is 63.3 Å². The van der Waals surface area contributed by atoms with Gasteiger partial charge in [0.05, 0.1) is 0 Å². The molecule has 0 saturated heterocycles. The van der Waals surface area contributed by atoms with Crippen LogP contribution < -0.4 is 15.5 Å². The second-order valence-electron chi connectivity index (χ2n) is 7.58. The van der Waals surface area contributed by atoms with Gasteiger partial charge in [-0.1, -0.05) is 12.1 Å². The van der Waals surface area contributed by atoms with Crippen molar-refractivity contribution >= 4 is 11.6 Å². The number of hydrogen-bond acceptors (Lipinski definition) is 5. The predicted octanol–water partition coefficient (Wildman–Crippen LogP) is 3.55. The van der Waals surface area contributed by atoms with Gasteiger partial charge in [-0.15, -0.1) is 0 Å². The monoisotopic (exact) mass is 371 g/mol. The Bertz CT molecular complexity index is 724. The summed E-state index contributed by atoms with van der Waals surface area (Å²) >= 11 is 0. The summed E-state index contributed by atoms with van der Waals surface area (Å²) in [6, 6.07) is 9.83. The van der Waals surface area contributed by atoms with E-state index in [0.717, 1.165) is 56.1 Å². The van der Waals surface area contributed by atoms with Crippen molar-refractivity contribution < 1.29 is 4.39 Å². The van der Waals surface area contributed by atoms with Crippen molar-refractivity contribution in [2.24, 2.45) is 0 Å². The van der Waals surface area contributed by atoms with Crippen LogP contribution in [0.4, 0.5) is 16.0 Å². The molecule has 6 heteroatoms. The highest BCUT2D eigenvalue weighted by atomic mass is 19.1. The topological polar surface area (TPSA) is 53.1 Å². The molecule has 0 radical (unpaired) electrons. The van der Waals surface area contributed by atoms with Crippen LogP contribution in [0.2, 0.25) is 0 Å². The fraction of sp³-hybridized carbons (Fsp3) is 0.524. The van der Waals surface area contributed by atoms with Gasteiger partial charge in [0.2, 0.25) is 0 Å². The number of nitrogens with zero attached hydrogens (tertiary/aromatic N) is 3. The fourth-order valence-electron chi connectivity index (χ4n) is 3.58. The Labute approximate surface area is 161 Å². The molecule has 1 fully saturated rings. The van der Waals surface area contributed by atoms with Crippen LogP contribution in [0.3, 0.4) is 0 Å². The summed E-state index contributed by atoms with van der Waals surface area (Å²) in [6.45, 7) is 2.87. The molecule has 0 spiro atoms. The molecule has 1 saturated carbocycles. The van der Waals surface area contributed by atoms with Gasteiger partial charge in [0.25, 0.3) is 0 Å². The Kier molecular flexibility index (Phi) is 6.61. The molecule has 2 N–H and O–H groups in total. The average molecular weight is 372 g/mol. The largest absolute Gasteiger partial charge is 0.367 e. The molecule has 1 aromatic heterocycles. The molecule has 0 unspecified atom stereocenters. The Morgan fingerprint density at radius 3 is 2.37 bits per heavy atom. The lowest BCUT2D eigenvalue weighted by Gasteiger charge is -2.30. The summed E-state index contributed by atoms with van der Waals surface area (Å²) in [5.41, 5.74) is 1.18. The number of aromatic nitrogens is 2. The van der Waals surface area contributed by atoms with Crippen molar-refractivity contribution in [2.75, 3.05) is 30.9 Å². The second-order valence-corrected chi connectivity index (χ2v) is 7.58. The maximum Gasteiger partial charge on any atom is 0.133 e. The van der Waals surface area contributed by atoms with Crippen LogP contribution in [0.15, 0.2) is 30.3 Å². The maximum absolute atomic E-state index is 12.9. The van der Waals surface area contributed by atoms with Gasteiger partial charge in [-0.25, -0.2) is 14.4 Å². The van der Waals surface area contributed by atoms with Crippen LogP contribution in [0.1, 0.15) is 37.1 Å². The summed E-state index contributed by atoms with van der Waals surface area (Å²) in [6.07, 6.45) is 5.52. The van der Waals surface area contributed by atoms with E-state index < -0.39 is 0 Å². The number of benzene rings is 1. The van der Waals surface area contributed by atoms with Crippen molar-refractivity contribution in [3.8, 4) is 0 Å². The van der Waals surface area contributed by atoms with Gasteiger partial charge in [-0.2, -0.15) is 0 Å². The summed E-state index contributed by atoms with van der Waals surface area (Å²) in [7, 11) is 3.99. The summed E-state index contributed by atoms with van der Waals surface area (Å²) in [5.74, 6) is 2.47. The molecule has 27 heavy (non-hydrogen) atoms. The first-order valence-electron chi connectivity index (χ1n) is 9.77. The first-order chi connectivity index (χ1) is 13.0. The van der Waals surface area contributed by atoms with Gasteiger partial charge < -0.3 is 15.5 Å². The fourth-order valence-corrected chi connectivity index (χ4v) is 3.58. The third-order valence-corrected chi connectivity index (χ3v) is 5.12. The van der Waals surface area contributed by atoms with Gasteiger partial charge in [0, 0.05) is 32.2 Å². The van der Waals surface area contributed by atoms with Crippen LogP contribution in [-0.4, -0.2) is 42.7 Å². The predicted molar refractivity (Wildman–Crippen MR) is 109 cm³/mol. The maximum atomic E-state index is 12.9.